The minimum absolute atomic E-state index is 0.0125. The van der Waals surface area contributed by atoms with Crippen molar-refractivity contribution in [2.45, 2.75) is 59.6 Å². The number of aliphatic hydroxyl groups is 1. The third-order valence-electron chi connectivity index (χ3n) is 3.93. The van der Waals surface area contributed by atoms with Crippen molar-refractivity contribution in [3.63, 3.8) is 0 Å². The largest absolute Gasteiger partial charge is 0.393 e. The van der Waals surface area contributed by atoms with Crippen LogP contribution < -0.4 is 5.73 Å². The first-order valence-corrected chi connectivity index (χ1v) is 7.33. The first kappa shape index (κ1) is 16.4. The highest BCUT2D eigenvalue weighted by Crippen LogP contribution is 2.29. The normalized spacial score (nSPS) is 26.6. The van der Waals surface area contributed by atoms with E-state index in [0.717, 1.165) is 19.4 Å². The Hall–Kier alpha value is -0.610. The molecule has 1 fully saturated rings. The molecule has 0 saturated carbocycles. The van der Waals surface area contributed by atoms with Crippen LogP contribution in [0.15, 0.2) is 0 Å². The van der Waals surface area contributed by atoms with E-state index in [1.807, 2.05) is 39.5 Å². The number of amides is 1. The first-order chi connectivity index (χ1) is 8.61. The van der Waals surface area contributed by atoms with E-state index in [-0.39, 0.29) is 29.4 Å². The summed E-state index contributed by atoms with van der Waals surface area (Å²) < 4.78 is 0. The summed E-state index contributed by atoms with van der Waals surface area (Å²) in [6.45, 7) is 11.3. The molecule has 1 amide bonds. The van der Waals surface area contributed by atoms with Crippen LogP contribution in [0.1, 0.15) is 47.5 Å². The summed E-state index contributed by atoms with van der Waals surface area (Å²) in [5, 5.41) is 10.2. The fourth-order valence-corrected chi connectivity index (χ4v) is 2.63. The van der Waals surface area contributed by atoms with Gasteiger partial charge in [-0.1, -0.05) is 34.6 Å². The van der Waals surface area contributed by atoms with E-state index in [9.17, 15) is 9.90 Å². The van der Waals surface area contributed by atoms with Gasteiger partial charge in [0.25, 0.3) is 0 Å². The summed E-state index contributed by atoms with van der Waals surface area (Å²) in [4.78, 5) is 14.0. The number of piperidine rings is 1. The van der Waals surface area contributed by atoms with E-state index in [1.165, 1.54) is 0 Å². The average molecular weight is 270 g/mol. The van der Waals surface area contributed by atoms with Gasteiger partial charge in [0.05, 0.1) is 6.10 Å². The van der Waals surface area contributed by atoms with E-state index in [1.54, 1.807) is 0 Å². The number of likely N-dealkylation sites (tertiary alicyclic amines) is 1. The van der Waals surface area contributed by atoms with E-state index in [2.05, 4.69) is 0 Å². The molecule has 19 heavy (non-hydrogen) atoms. The molecule has 3 N–H and O–H groups in total. The zero-order valence-electron chi connectivity index (χ0n) is 13.0. The topological polar surface area (TPSA) is 66.6 Å². The Bertz CT molecular complexity index is 310. The fraction of sp³-hybridized carbons (Fsp3) is 0.933. The summed E-state index contributed by atoms with van der Waals surface area (Å²) in [7, 11) is 0. The Labute approximate surface area is 117 Å². The van der Waals surface area contributed by atoms with Gasteiger partial charge in [0.2, 0.25) is 5.91 Å². The number of carbonyl (C=O) groups excluding carboxylic acids is 1. The third kappa shape index (κ3) is 4.77. The zero-order chi connectivity index (χ0) is 14.8. The standard InChI is InChI=1S/C15H30N2O2/c1-10(2)14(19)17-8-11(6-12(16)9-17)7-13(18)15(3,4)5/h10-13,18H,6-9,16H2,1-5H3. The van der Waals surface area contributed by atoms with E-state index >= 15 is 0 Å². The van der Waals surface area contributed by atoms with Crippen molar-refractivity contribution in [2.75, 3.05) is 13.1 Å². The van der Waals surface area contributed by atoms with Crippen molar-refractivity contribution in [1.29, 1.82) is 0 Å². The van der Waals surface area contributed by atoms with Crippen LogP contribution in [-0.2, 0) is 4.79 Å². The van der Waals surface area contributed by atoms with Crippen molar-refractivity contribution in [3.05, 3.63) is 0 Å². The molecule has 1 aliphatic heterocycles. The second-order valence-corrected chi connectivity index (χ2v) is 7.38. The number of hydrogen-bond donors (Lipinski definition) is 2. The Morgan fingerprint density at radius 2 is 1.95 bits per heavy atom. The van der Waals surface area contributed by atoms with Gasteiger partial charge in [-0.15, -0.1) is 0 Å². The molecule has 1 aliphatic rings. The monoisotopic (exact) mass is 270 g/mol. The lowest BCUT2D eigenvalue weighted by Gasteiger charge is -2.39. The van der Waals surface area contributed by atoms with E-state index in [4.69, 9.17) is 5.73 Å². The number of hydrogen-bond acceptors (Lipinski definition) is 3. The quantitative estimate of drug-likeness (QED) is 0.819. The molecule has 112 valence electrons. The Balaban J connectivity index is 2.63. The van der Waals surface area contributed by atoms with Crippen LogP contribution in [0.2, 0.25) is 0 Å². The second kappa shape index (κ2) is 6.23. The molecule has 0 spiro atoms. The van der Waals surface area contributed by atoms with Crippen molar-refractivity contribution in [1.82, 2.24) is 4.90 Å². The molecule has 1 heterocycles. The number of nitrogens with two attached hydrogens (primary N) is 1. The lowest BCUT2D eigenvalue weighted by Crippen LogP contribution is -2.51. The molecule has 0 bridgehead atoms. The summed E-state index contributed by atoms with van der Waals surface area (Å²) in [6, 6.07) is 0.0358. The molecular weight excluding hydrogens is 240 g/mol. The number of nitrogens with zero attached hydrogens (tertiary/aromatic N) is 1. The van der Waals surface area contributed by atoms with Gasteiger partial charge in [0.1, 0.15) is 0 Å². The molecular formula is C15H30N2O2. The minimum Gasteiger partial charge on any atom is -0.393 e. The van der Waals surface area contributed by atoms with Crippen molar-refractivity contribution in [3.8, 4) is 0 Å². The van der Waals surface area contributed by atoms with Gasteiger partial charge in [-0.25, -0.2) is 0 Å². The van der Waals surface area contributed by atoms with Crippen LogP contribution in [0, 0.1) is 17.3 Å². The molecule has 1 rings (SSSR count). The number of carbonyl (C=O) groups is 1. The molecule has 0 radical (unpaired) electrons. The Morgan fingerprint density at radius 1 is 1.37 bits per heavy atom. The van der Waals surface area contributed by atoms with Gasteiger partial charge in [0.15, 0.2) is 0 Å². The average Bonchev–Trinajstić information content (AvgIpc) is 2.25. The van der Waals surface area contributed by atoms with E-state index in [0.29, 0.717) is 12.5 Å². The molecule has 4 heteroatoms. The maximum absolute atomic E-state index is 12.1. The van der Waals surface area contributed by atoms with Crippen LogP contribution in [-0.4, -0.2) is 41.1 Å². The highest BCUT2D eigenvalue weighted by Gasteiger charge is 2.32. The smallest absolute Gasteiger partial charge is 0.225 e. The summed E-state index contributed by atoms with van der Waals surface area (Å²) in [5.74, 6) is 0.490. The first-order valence-electron chi connectivity index (χ1n) is 7.33. The highest BCUT2D eigenvalue weighted by molar-refractivity contribution is 5.78. The van der Waals surface area contributed by atoms with Gasteiger partial charge in [-0.05, 0) is 24.2 Å². The summed E-state index contributed by atoms with van der Waals surface area (Å²) in [6.07, 6.45) is 1.27. The lowest BCUT2D eigenvalue weighted by molar-refractivity contribution is -0.137. The SMILES string of the molecule is CC(C)C(=O)N1CC(N)CC(CC(O)C(C)(C)C)C1. The predicted octanol–water partition coefficient (Wildman–Crippen LogP) is 1.62. The van der Waals surface area contributed by atoms with E-state index < -0.39 is 0 Å². The predicted molar refractivity (Wildman–Crippen MR) is 77.6 cm³/mol. The van der Waals surface area contributed by atoms with Crippen molar-refractivity contribution in [2.24, 2.45) is 23.0 Å². The maximum Gasteiger partial charge on any atom is 0.225 e. The van der Waals surface area contributed by atoms with Crippen LogP contribution in [0.25, 0.3) is 0 Å². The molecule has 0 aromatic rings. The van der Waals surface area contributed by atoms with Crippen LogP contribution in [0.5, 0.6) is 0 Å². The maximum atomic E-state index is 12.1. The lowest BCUT2D eigenvalue weighted by atomic mass is 9.80. The highest BCUT2D eigenvalue weighted by atomic mass is 16.3. The Morgan fingerprint density at radius 3 is 2.42 bits per heavy atom. The Kier molecular flexibility index (Phi) is 5.39. The molecule has 0 aliphatic carbocycles. The van der Waals surface area contributed by atoms with Gasteiger partial charge in [-0.3, -0.25) is 4.79 Å². The molecule has 3 unspecified atom stereocenters. The van der Waals surface area contributed by atoms with Gasteiger partial charge in [-0.2, -0.15) is 0 Å². The second-order valence-electron chi connectivity index (χ2n) is 7.38. The van der Waals surface area contributed by atoms with Gasteiger partial charge >= 0.3 is 0 Å². The molecule has 0 aromatic carbocycles. The minimum atomic E-state index is -0.348. The molecule has 0 aromatic heterocycles. The van der Waals surface area contributed by atoms with Crippen molar-refractivity contribution >= 4 is 5.91 Å². The van der Waals surface area contributed by atoms with Gasteiger partial charge in [0, 0.05) is 25.0 Å². The molecule has 4 nitrogen and oxygen atoms in total. The zero-order valence-corrected chi connectivity index (χ0v) is 13.0. The van der Waals surface area contributed by atoms with Crippen LogP contribution in [0.3, 0.4) is 0 Å². The summed E-state index contributed by atoms with van der Waals surface area (Å²) >= 11 is 0. The van der Waals surface area contributed by atoms with Gasteiger partial charge < -0.3 is 15.7 Å². The number of aliphatic hydroxyl groups excluding tert-OH is 1. The third-order valence-corrected chi connectivity index (χ3v) is 3.93. The van der Waals surface area contributed by atoms with Crippen molar-refractivity contribution < 1.29 is 9.90 Å². The number of rotatable bonds is 3. The van der Waals surface area contributed by atoms with Crippen LogP contribution in [0.4, 0.5) is 0 Å². The molecule has 1 saturated heterocycles. The summed E-state index contributed by atoms with van der Waals surface area (Å²) in [5.41, 5.74) is 5.95. The van der Waals surface area contributed by atoms with Crippen LogP contribution >= 0.6 is 0 Å². The molecule has 3 atom stereocenters. The fourth-order valence-electron chi connectivity index (χ4n) is 2.63.